The zero-order valence-electron chi connectivity index (χ0n) is 19.5. The first-order valence-electron chi connectivity index (χ1n) is 12.1. The van der Waals surface area contributed by atoms with Gasteiger partial charge in [0.25, 0.3) is 5.91 Å². The van der Waals surface area contributed by atoms with E-state index in [9.17, 15) is 22.8 Å². The van der Waals surface area contributed by atoms with Gasteiger partial charge in [-0.2, -0.15) is 0 Å². The first kappa shape index (κ1) is 24.6. The van der Waals surface area contributed by atoms with Gasteiger partial charge in [0.2, 0.25) is 11.8 Å². The van der Waals surface area contributed by atoms with Crippen molar-refractivity contribution in [3.8, 4) is 5.75 Å². The van der Waals surface area contributed by atoms with Crippen LogP contribution in [0.15, 0.2) is 22.6 Å². The number of nitrogens with one attached hydrogen (secondary N) is 1. The largest absolute Gasteiger partial charge is 0.522 e. The summed E-state index contributed by atoms with van der Waals surface area (Å²) >= 11 is 5.96. The molecule has 37 heavy (non-hydrogen) atoms. The predicted octanol–water partition coefficient (Wildman–Crippen LogP) is 4.19. The number of benzene rings is 1. The number of hydrogen-bond donors (Lipinski definition) is 1. The SMILES string of the molecule is O=C1CC(C(=O)NC23CCC(c4nnc(C5CC(OC(F)(F)F)C5)o4)(CC2)OC3)Oc2ccc(Cl)cc21. The van der Waals surface area contributed by atoms with Crippen LogP contribution in [0.4, 0.5) is 13.2 Å². The second kappa shape index (κ2) is 8.67. The van der Waals surface area contributed by atoms with Gasteiger partial charge in [-0.05, 0) is 56.7 Å². The summed E-state index contributed by atoms with van der Waals surface area (Å²) < 4.78 is 58.9. The van der Waals surface area contributed by atoms with Crippen LogP contribution in [-0.2, 0) is 19.9 Å². The first-order chi connectivity index (χ1) is 17.5. The molecule has 2 saturated heterocycles. The van der Waals surface area contributed by atoms with Gasteiger partial charge in [0.15, 0.2) is 11.9 Å². The van der Waals surface area contributed by atoms with Crippen LogP contribution in [0.1, 0.15) is 73.0 Å². The topological polar surface area (TPSA) is 113 Å². The molecule has 1 aromatic heterocycles. The van der Waals surface area contributed by atoms with Gasteiger partial charge in [-0.3, -0.25) is 14.3 Å². The molecule has 1 amide bonds. The van der Waals surface area contributed by atoms with Crippen LogP contribution in [0.25, 0.3) is 0 Å². The van der Waals surface area contributed by atoms with Crippen molar-refractivity contribution in [2.75, 3.05) is 6.61 Å². The molecule has 9 nitrogen and oxygen atoms in total. The maximum Gasteiger partial charge on any atom is 0.522 e. The molecule has 2 saturated carbocycles. The van der Waals surface area contributed by atoms with Gasteiger partial charge in [0.1, 0.15) is 11.4 Å². The van der Waals surface area contributed by atoms with E-state index in [0.717, 1.165) is 0 Å². The molecule has 2 aromatic rings. The molecular weight excluding hydrogens is 519 g/mol. The van der Waals surface area contributed by atoms with Crippen molar-refractivity contribution in [3.05, 3.63) is 40.6 Å². The average molecular weight is 542 g/mol. The van der Waals surface area contributed by atoms with Gasteiger partial charge in [-0.1, -0.05) is 11.6 Å². The molecule has 3 aliphatic heterocycles. The standard InChI is InChI=1S/C24H23ClF3N3O6/c25-13-1-2-17-15(9-13)16(32)10-18(35-17)19(33)29-22-3-5-23(6-4-22,34-11-22)21-31-30-20(36-21)12-7-14(8-12)37-24(26,27)28/h1-2,9,12,14,18H,3-8,10-11H2,(H,29,33). The summed E-state index contributed by atoms with van der Waals surface area (Å²) in [6, 6.07) is 4.72. The highest BCUT2D eigenvalue weighted by molar-refractivity contribution is 6.31. The lowest BCUT2D eigenvalue weighted by molar-refractivity contribution is -0.352. The smallest absolute Gasteiger partial charge is 0.479 e. The lowest BCUT2D eigenvalue weighted by atomic mass is 9.71. The van der Waals surface area contributed by atoms with Crippen molar-refractivity contribution < 1.29 is 41.4 Å². The number of carbonyl (C=O) groups excluding carboxylic acids is 2. The number of amides is 1. The average Bonchev–Trinajstić information content (AvgIpc) is 3.32. The third-order valence-corrected chi connectivity index (χ3v) is 8.01. The second-order valence-electron chi connectivity index (χ2n) is 10.2. The summed E-state index contributed by atoms with van der Waals surface area (Å²) in [4.78, 5) is 25.6. The van der Waals surface area contributed by atoms with E-state index in [1.54, 1.807) is 12.1 Å². The number of halogens is 4. The molecule has 4 fully saturated rings. The molecule has 1 unspecified atom stereocenters. The van der Waals surface area contributed by atoms with Gasteiger partial charge >= 0.3 is 6.36 Å². The van der Waals surface area contributed by atoms with Crippen LogP contribution in [0.2, 0.25) is 5.02 Å². The maximum atomic E-state index is 13.1. The van der Waals surface area contributed by atoms with E-state index < -0.39 is 29.7 Å². The number of hydrogen-bond acceptors (Lipinski definition) is 8. The normalized spacial score (nSPS) is 32.9. The Kier molecular flexibility index (Phi) is 5.77. The van der Waals surface area contributed by atoms with Crippen LogP contribution in [0, 0.1) is 0 Å². The van der Waals surface area contributed by atoms with Crippen LogP contribution < -0.4 is 10.1 Å². The Morgan fingerprint density at radius 1 is 1.16 bits per heavy atom. The van der Waals surface area contributed by atoms with Gasteiger partial charge in [0, 0.05) is 10.9 Å². The van der Waals surface area contributed by atoms with Crippen molar-refractivity contribution in [2.24, 2.45) is 0 Å². The van der Waals surface area contributed by atoms with Gasteiger partial charge in [0.05, 0.1) is 30.2 Å². The Morgan fingerprint density at radius 3 is 2.59 bits per heavy atom. The van der Waals surface area contributed by atoms with E-state index in [1.807, 2.05) is 0 Å². The Balaban J connectivity index is 1.06. The number of rotatable bonds is 5. The van der Waals surface area contributed by atoms with E-state index in [2.05, 4.69) is 20.3 Å². The van der Waals surface area contributed by atoms with Crippen molar-refractivity contribution in [1.82, 2.24) is 15.5 Å². The van der Waals surface area contributed by atoms with Crippen LogP contribution >= 0.6 is 11.6 Å². The Hall–Kier alpha value is -2.70. The summed E-state index contributed by atoms with van der Waals surface area (Å²) in [6.07, 6.45) is -4.06. The Labute approximate surface area is 214 Å². The molecule has 7 rings (SSSR count). The highest BCUT2D eigenvalue weighted by Crippen LogP contribution is 2.50. The molecule has 1 N–H and O–H groups in total. The summed E-state index contributed by atoms with van der Waals surface area (Å²) in [7, 11) is 0. The molecule has 0 spiro atoms. The predicted molar refractivity (Wildman–Crippen MR) is 119 cm³/mol. The zero-order valence-corrected chi connectivity index (χ0v) is 20.2. The van der Waals surface area contributed by atoms with Crippen molar-refractivity contribution in [3.63, 3.8) is 0 Å². The number of Topliss-reactive ketones (excluding diaryl/α,β-unsaturated/α-hetero) is 1. The molecule has 4 heterocycles. The molecule has 2 aliphatic carbocycles. The van der Waals surface area contributed by atoms with E-state index >= 15 is 0 Å². The fourth-order valence-corrected chi connectivity index (χ4v) is 5.73. The van der Waals surface area contributed by atoms with Crippen LogP contribution in [0.3, 0.4) is 0 Å². The fraction of sp³-hybridized carbons (Fsp3) is 0.583. The lowest BCUT2D eigenvalue weighted by Crippen LogP contribution is -2.63. The monoisotopic (exact) mass is 541 g/mol. The van der Waals surface area contributed by atoms with E-state index in [1.165, 1.54) is 6.07 Å². The minimum Gasteiger partial charge on any atom is -0.479 e. The summed E-state index contributed by atoms with van der Waals surface area (Å²) in [6.45, 7) is 0.217. The molecule has 198 valence electrons. The summed E-state index contributed by atoms with van der Waals surface area (Å²) in [5.41, 5.74) is -1.04. The van der Waals surface area contributed by atoms with Crippen LogP contribution in [0.5, 0.6) is 5.75 Å². The molecule has 13 heteroatoms. The first-order valence-corrected chi connectivity index (χ1v) is 12.4. The van der Waals surface area contributed by atoms with Crippen LogP contribution in [-0.4, -0.2) is 52.6 Å². The number of fused-ring (bicyclic) bond motifs is 4. The molecule has 0 radical (unpaired) electrons. The van der Waals surface area contributed by atoms with Crippen molar-refractivity contribution in [1.29, 1.82) is 0 Å². The Bertz CT molecular complexity index is 1220. The van der Waals surface area contributed by atoms with E-state index in [0.29, 0.717) is 47.9 Å². The van der Waals surface area contributed by atoms with Crippen molar-refractivity contribution in [2.45, 2.75) is 80.6 Å². The second-order valence-corrected chi connectivity index (χ2v) is 10.7. The number of carbonyl (C=O) groups is 2. The number of ketones is 1. The molecule has 1 atom stereocenters. The van der Waals surface area contributed by atoms with E-state index in [-0.39, 0.29) is 49.4 Å². The third-order valence-electron chi connectivity index (χ3n) is 7.78. The van der Waals surface area contributed by atoms with Crippen molar-refractivity contribution >= 4 is 23.3 Å². The minimum absolute atomic E-state index is 0.0825. The highest BCUT2D eigenvalue weighted by atomic mass is 35.5. The summed E-state index contributed by atoms with van der Waals surface area (Å²) in [5, 5.41) is 11.7. The molecule has 5 aliphatic rings. The lowest BCUT2D eigenvalue weighted by Gasteiger charge is -2.51. The van der Waals surface area contributed by atoms with Gasteiger partial charge in [-0.25, -0.2) is 0 Å². The fourth-order valence-electron chi connectivity index (χ4n) is 5.55. The Morgan fingerprint density at radius 2 is 1.92 bits per heavy atom. The number of aromatic nitrogens is 2. The highest BCUT2D eigenvalue weighted by Gasteiger charge is 2.55. The summed E-state index contributed by atoms with van der Waals surface area (Å²) in [5.74, 6) is 0.0439. The number of alkyl halides is 3. The molecule has 2 bridgehead atoms. The maximum absolute atomic E-state index is 13.1. The third kappa shape index (κ3) is 4.59. The van der Waals surface area contributed by atoms with Gasteiger partial charge < -0.3 is 19.2 Å². The van der Waals surface area contributed by atoms with E-state index in [4.69, 9.17) is 25.5 Å². The zero-order chi connectivity index (χ0) is 26.0. The quantitative estimate of drug-likeness (QED) is 0.599. The molecule has 1 aromatic carbocycles. The number of ether oxygens (including phenoxy) is 3. The minimum atomic E-state index is -4.66. The number of nitrogens with zero attached hydrogens (tertiary/aromatic N) is 2. The molecular formula is C24H23ClF3N3O6. The van der Waals surface area contributed by atoms with Gasteiger partial charge in [-0.15, -0.1) is 23.4 Å².